The number of aromatic nitrogens is 1. The van der Waals surface area contributed by atoms with Gasteiger partial charge in [-0.05, 0) is 47.9 Å². The summed E-state index contributed by atoms with van der Waals surface area (Å²) in [4.78, 5) is 4.18. The lowest BCUT2D eigenvalue weighted by Gasteiger charge is -2.23. The highest BCUT2D eigenvalue weighted by Gasteiger charge is 2.14. The van der Waals surface area contributed by atoms with Crippen LogP contribution in [0.4, 0.5) is 0 Å². The first-order valence-electron chi connectivity index (χ1n) is 4.83. The fourth-order valence-electron chi connectivity index (χ4n) is 1.52. The number of piperidine rings is 1. The molecule has 0 aromatic carbocycles. The van der Waals surface area contributed by atoms with Crippen molar-refractivity contribution in [3.63, 3.8) is 0 Å². The highest BCUT2D eigenvalue weighted by Crippen LogP contribution is 2.16. The van der Waals surface area contributed by atoms with Crippen molar-refractivity contribution in [2.45, 2.75) is 18.9 Å². The predicted octanol–water partition coefficient (Wildman–Crippen LogP) is 2.40. The topological polar surface area (TPSA) is 34.1 Å². The van der Waals surface area contributed by atoms with Crippen LogP contribution >= 0.6 is 28.3 Å². The van der Waals surface area contributed by atoms with Gasteiger partial charge in [0.15, 0.2) is 0 Å². The normalized spacial score (nSPS) is 16.9. The molecule has 1 fully saturated rings. The molecule has 0 aliphatic carbocycles. The molecule has 1 saturated heterocycles. The largest absolute Gasteiger partial charge is 0.474 e. The van der Waals surface area contributed by atoms with Crippen LogP contribution in [0.2, 0.25) is 0 Å². The van der Waals surface area contributed by atoms with Crippen LogP contribution in [-0.2, 0) is 0 Å². The number of halogens is 2. The molecule has 5 heteroatoms. The van der Waals surface area contributed by atoms with Crippen molar-refractivity contribution in [1.82, 2.24) is 10.3 Å². The summed E-state index contributed by atoms with van der Waals surface area (Å²) in [6.07, 6.45) is 4.22. The summed E-state index contributed by atoms with van der Waals surface area (Å²) in [5.41, 5.74) is 0. The molecule has 0 unspecified atom stereocenters. The maximum Gasteiger partial charge on any atom is 0.213 e. The number of nitrogens with zero attached hydrogens (tertiary/aromatic N) is 1. The van der Waals surface area contributed by atoms with E-state index in [-0.39, 0.29) is 12.4 Å². The molecular formula is C10H14BrClN2O. The van der Waals surface area contributed by atoms with Gasteiger partial charge in [-0.25, -0.2) is 4.98 Å². The van der Waals surface area contributed by atoms with Gasteiger partial charge in [-0.2, -0.15) is 0 Å². The van der Waals surface area contributed by atoms with E-state index < -0.39 is 0 Å². The van der Waals surface area contributed by atoms with Crippen molar-refractivity contribution in [2.24, 2.45) is 0 Å². The van der Waals surface area contributed by atoms with Crippen LogP contribution in [0.1, 0.15) is 12.8 Å². The first kappa shape index (κ1) is 12.7. The Labute approximate surface area is 104 Å². The second kappa shape index (κ2) is 6.30. The summed E-state index contributed by atoms with van der Waals surface area (Å²) < 4.78 is 6.72. The molecule has 0 radical (unpaired) electrons. The quantitative estimate of drug-likeness (QED) is 0.909. The van der Waals surface area contributed by atoms with Crippen molar-refractivity contribution in [2.75, 3.05) is 13.1 Å². The lowest BCUT2D eigenvalue weighted by Crippen LogP contribution is -2.34. The van der Waals surface area contributed by atoms with E-state index >= 15 is 0 Å². The molecule has 1 aromatic rings. The fourth-order valence-corrected chi connectivity index (χ4v) is 1.75. The number of nitrogens with one attached hydrogen (secondary N) is 1. The van der Waals surface area contributed by atoms with Crippen molar-refractivity contribution in [1.29, 1.82) is 0 Å². The van der Waals surface area contributed by atoms with Gasteiger partial charge in [0, 0.05) is 16.7 Å². The molecule has 0 bridgehead atoms. The maximum atomic E-state index is 5.74. The van der Waals surface area contributed by atoms with Crippen molar-refractivity contribution >= 4 is 28.3 Å². The van der Waals surface area contributed by atoms with Gasteiger partial charge in [-0.3, -0.25) is 0 Å². The third kappa shape index (κ3) is 3.97. The number of rotatable bonds is 2. The third-order valence-electron chi connectivity index (χ3n) is 2.27. The Kier molecular flexibility index (Phi) is 5.36. The van der Waals surface area contributed by atoms with Gasteiger partial charge < -0.3 is 10.1 Å². The zero-order valence-electron chi connectivity index (χ0n) is 8.28. The Bertz CT molecular complexity index is 288. The number of hydrogen-bond acceptors (Lipinski definition) is 3. The standard InChI is InChI=1S/C10H13BrN2O.ClH/c11-8-1-2-10(13-7-8)14-9-3-5-12-6-4-9;/h1-2,7,9,12H,3-6H2;1H. The molecule has 0 saturated carbocycles. The molecule has 84 valence electrons. The number of pyridine rings is 1. The molecular weight excluding hydrogens is 279 g/mol. The maximum absolute atomic E-state index is 5.74. The lowest BCUT2D eigenvalue weighted by atomic mass is 10.1. The van der Waals surface area contributed by atoms with E-state index in [0.29, 0.717) is 6.10 Å². The zero-order valence-corrected chi connectivity index (χ0v) is 10.7. The second-order valence-electron chi connectivity index (χ2n) is 3.38. The molecule has 2 heterocycles. The smallest absolute Gasteiger partial charge is 0.213 e. The van der Waals surface area contributed by atoms with Crippen LogP contribution in [0.5, 0.6) is 5.88 Å². The van der Waals surface area contributed by atoms with E-state index in [1.54, 1.807) is 6.20 Å². The Morgan fingerprint density at radius 1 is 1.33 bits per heavy atom. The van der Waals surface area contributed by atoms with E-state index in [4.69, 9.17) is 4.74 Å². The lowest BCUT2D eigenvalue weighted by molar-refractivity contribution is 0.156. The summed E-state index contributed by atoms with van der Waals surface area (Å²) in [5.74, 6) is 0.722. The van der Waals surface area contributed by atoms with E-state index in [2.05, 4.69) is 26.2 Å². The zero-order chi connectivity index (χ0) is 9.80. The molecule has 1 aliphatic heterocycles. The highest BCUT2D eigenvalue weighted by atomic mass is 79.9. The average Bonchev–Trinajstić information content (AvgIpc) is 2.23. The molecule has 2 rings (SSSR count). The van der Waals surface area contributed by atoms with Gasteiger partial charge in [0.2, 0.25) is 5.88 Å². The van der Waals surface area contributed by atoms with Crippen LogP contribution < -0.4 is 10.1 Å². The summed E-state index contributed by atoms with van der Waals surface area (Å²) in [7, 11) is 0. The summed E-state index contributed by atoms with van der Waals surface area (Å²) >= 11 is 3.34. The molecule has 0 spiro atoms. The first-order valence-corrected chi connectivity index (χ1v) is 5.63. The van der Waals surface area contributed by atoms with Crippen LogP contribution in [0, 0.1) is 0 Å². The third-order valence-corrected chi connectivity index (χ3v) is 2.74. The summed E-state index contributed by atoms with van der Waals surface area (Å²) in [6.45, 7) is 2.09. The second-order valence-corrected chi connectivity index (χ2v) is 4.30. The summed E-state index contributed by atoms with van der Waals surface area (Å²) in [6, 6.07) is 3.84. The van der Waals surface area contributed by atoms with Crippen LogP contribution in [-0.4, -0.2) is 24.2 Å². The van der Waals surface area contributed by atoms with Crippen molar-refractivity contribution in [3.05, 3.63) is 22.8 Å². The molecule has 3 nitrogen and oxygen atoms in total. The van der Waals surface area contributed by atoms with Gasteiger partial charge in [0.25, 0.3) is 0 Å². The van der Waals surface area contributed by atoms with E-state index in [9.17, 15) is 0 Å². The molecule has 1 aliphatic rings. The minimum Gasteiger partial charge on any atom is -0.474 e. The molecule has 1 N–H and O–H groups in total. The minimum atomic E-state index is 0. The SMILES string of the molecule is Brc1ccc(OC2CCNCC2)nc1.Cl. The van der Waals surface area contributed by atoms with E-state index in [1.807, 2.05) is 12.1 Å². The predicted molar refractivity (Wildman–Crippen MR) is 65.7 cm³/mol. The first-order chi connectivity index (χ1) is 6.84. The monoisotopic (exact) mass is 292 g/mol. The molecule has 15 heavy (non-hydrogen) atoms. The number of ether oxygens (including phenoxy) is 1. The molecule has 0 atom stereocenters. The number of hydrogen-bond donors (Lipinski definition) is 1. The Balaban J connectivity index is 0.00000112. The van der Waals surface area contributed by atoms with Crippen LogP contribution in [0.25, 0.3) is 0 Å². The Morgan fingerprint density at radius 2 is 2.07 bits per heavy atom. The highest BCUT2D eigenvalue weighted by molar-refractivity contribution is 9.10. The van der Waals surface area contributed by atoms with Gasteiger partial charge >= 0.3 is 0 Å². The fraction of sp³-hybridized carbons (Fsp3) is 0.500. The molecule has 0 amide bonds. The van der Waals surface area contributed by atoms with Gasteiger partial charge in [-0.1, -0.05) is 0 Å². The van der Waals surface area contributed by atoms with Crippen LogP contribution in [0.15, 0.2) is 22.8 Å². The van der Waals surface area contributed by atoms with Gasteiger partial charge in [0.05, 0.1) is 0 Å². The summed E-state index contributed by atoms with van der Waals surface area (Å²) in [5, 5.41) is 3.30. The van der Waals surface area contributed by atoms with E-state index in [0.717, 1.165) is 36.3 Å². The Morgan fingerprint density at radius 3 is 2.67 bits per heavy atom. The van der Waals surface area contributed by atoms with E-state index in [1.165, 1.54) is 0 Å². The minimum absolute atomic E-state index is 0. The Hall–Kier alpha value is -0.320. The molecule has 1 aromatic heterocycles. The van der Waals surface area contributed by atoms with Crippen molar-refractivity contribution in [3.8, 4) is 5.88 Å². The van der Waals surface area contributed by atoms with Crippen LogP contribution in [0.3, 0.4) is 0 Å². The van der Waals surface area contributed by atoms with Crippen molar-refractivity contribution < 1.29 is 4.74 Å². The average molecular weight is 294 g/mol. The van der Waals surface area contributed by atoms with Gasteiger partial charge in [0.1, 0.15) is 6.10 Å². The van der Waals surface area contributed by atoms with Gasteiger partial charge in [-0.15, -0.1) is 12.4 Å².